The topological polar surface area (TPSA) is 71.5 Å². The Kier molecular flexibility index (Phi) is 5.95. The number of hydrogen-bond donors (Lipinski definition) is 1. The number of para-hydroxylation sites is 2. The monoisotopic (exact) mass is 431 g/mol. The Morgan fingerprint density at radius 3 is 2.42 bits per heavy atom. The van der Waals surface area contributed by atoms with Crippen LogP contribution in [0.5, 0.6) is 5.75 Å². The van der Waals surface area contributed by atoms with Crippen molar-refractivity contribution in [3.05, 3.63) is 78.4 Å². The zero-order chi connectivity index (χ0) is 21.8. The molecule has 0 aliphatic carbocycles. The number of rotatable bonds is 6. The standard InChI is InChI=1S/C24H21N3O3S/c1-27(2)24(29)16-11-13-17(14-12-16)25-22(28)15-30-20-9-5-3-7-18(20)23-26-19-8-4-6-10-21(19)31-23/h3-14H,15H2,1-2H3,(H,25,28). The molecule has 2 amide bonds. The van der Waals surface area contributed by atoms with E-state index < -0.39 is 0 Å². The fourth-order valence-corrected chi connectivity index (χ4v) is 4.05. The molecule has 31 heavy (non-hydrogen) atoms. The first-order valence-corrected chi connectivity index (χ1v) is 10.5. The largest absolute Gasteiger partial charge is 0.483 e. The van der Waals surface area contributed by atoms with Gasteiger partial charge in [0.25, 0.3) is 11.8 Å². The lowest BCUT2D eigenvalue weighted by Gasteiger charge is -2.12. The molecule has 1 aromatic heterocycles. The van der Waals surface area contributed by atoms with E-state index in [2.05, 4.69) is 10.3 Å². The number of nitrogens with zero attached hydrogens (tertiary/aromatic N) is 2. The van der Waals surface area contributed by atoms with Crippen LogP contribution in [0, 0.1) is 0 Å². The summed E-state index contributed by atoms with van der Waals surface area (Å²) in [4.78, 5) is 30.5. The van der Waals surface area contributed by atoms with Gasteiger partial charge in [-0.3, -0.25) is 9.59 Å². The lowest BCUT2D eigenvalue weighted by molar-refractivity contribution is -0.118. The summed E-state index contributed by atoms with van der Waals surface area (Å²) in [5.74, 6) is 0.224. The van der Waals surface area contributed by atoms with Crippen molar-refractivity contribution >= 4 is 39.1 Å². The fourth-order valence-electron chi connectivity index (χ4n) is 3.05. The Balaban J connectivity index is 1.43. The van der Waals surface area contributed by atoms with Gasteiger partial charge in [0, 0.05) is 25.3 Å². The van der Waals surface area contributed by atoms with Gasteiger partial charge in [-0.05, 0) is 48.5 Å². The van der Waals surface area contributed by atoms with Crippen LogP contribution < -0.4 is 10.1 Å². The lowest BCUT2D eigenvalue weighted by atomic mass is 10.2. The van der Waals surface area contributed by atoms with Gasteiger partial charge in [-0.1, -0.05) is 24.3 Å². The van der Waals surface area contributed by atoms with E-state index in [9.17, 15) is 9.59 Å². The first-order chi connectivity index (χ1) is 15.0. The number of carbonyl (C=O) groups is 2. The molecule has 1 N–H and O–H groups in total. The summed E-state index contributed by atoms with van der Waals surface area (Å²) in [6.45, 7) is -0.139. The summed E-state index contributed by atoms with van der Waals surface area (Å²) < 4.78 is 6.91. The second-order valence-corrected chi connectivity index (χ2v) is 8.13. The molecule has 0 fully saturated rings. The molecule has 0 atom stereocenters. The molecule has 0 spiro atoms. The van der Waals surface area contributed by atoms with Gasteiger partial charge in [0.1, 0.15) is 10.8 Å². The maximum atomic E-state index is 12.4. The first kappa shape index (κ1) is 20.6. The van der Waals surface area contributed by atoms with Gasteiger partial charge in [0.15, 0.2) is 6.61 Å². The van der Waals surface area contributed by atoms with Crippen molar-refractivity contribution in [1.82, 2.24) is 9.88 Å². The number of benzene rings is 3. The van der Waals surface area contributed by atoms with Gasteiger partial charge >= 0.3 is 0 Å². The van der Waals surface area contributed by atoms with Gasteiger partial charge in [-0.25, -0.2) is 4.98 Å². The third kappa shape index (κ3) is 4.73. The molecule has 6 nitrogen and oxygen atoms in total. The molecule has 0 radical (unpaired) electrons. The van der Waals surface area contributed by atoms with Gasteiger partial charge < -0.3 is 15.0 Å². The summed E-state index contributed by atoms with van der Waals surface area (Å²) in [7, 11) is 3.39. The Labute approximate surface area is 184 Å². The fraction of sp³-hybridized carbons (Fsp3) is 0.125. The van der Waals surface area contributed by atoms with E-state index >= 15 is 0 Å². The zero-order valence-corrected chi connectivity index (χ0v) is 18.0. The smallest absolute Gasteiger partial charge is 0.262 e. The molecule has 0 unspecified atom stereocenters. The highest BCUT2D eigenvalue weighted by Gasteiger charge is 2.13. The maximum absolute atomic E-state index is 12.4. The van der Waals surface area contributed by atoms with E-state index in [1.165, 1.54) is 4.90 Å². The average Bonchev–Trinajstić information content (AvgIpc) is 3.22. The minimum absolute atomic E-state index is 0.0901. The molecule has 0 saturated heterocycles. The van der Waals surface area contributed by atoms with Crippen LogP contribution in [-0.2, 0) is 4.79 Å². The number of fused-ring (bicyclic) bond motifs is 1. The van der Waals surface area contributed by atoms with E-state index in [0.29, 0.717) is 17.0 Å². The molecule has 0 aliphatic heterocycles. The Morgan fingerprint density at radius 1 is 0.968 bits per heavy atom. The van der Waals surface area contributed by atoms with E-state index in [1.54, 1.807) is 49.7 Å². The number of amides is 2. The highest BCUT2D eigenvalue weighted by Crippen LogP contribution is 2.35. The Bertz CT molecular complexity index is 1200. The molecule has 0 saturated carbocycles. The summed E-state index contributed by atoms with van der Waals surface area (Å²) in [5.41, 5.74) is 2.95. The van der Waals surface area contributed by atoms with E-state index in [1.807, 2.05) is 48.5 Å². The van der Waals surface area contributed by atoms with Crippen LogP contribution in [0.1, 0.15) is 10.4 Å². The molecular formula is C24H21N3O3S. The van der Waals surface area contributed by atoms with Crippen molar-refractivity contribution in [3.63, 3.8) is 0 Å². The third-order valence-electron chi connectivity index (χ3n) is 4.59. The number of hydrogen-bond acceptors (Lipinski definition) is 5. The quantitative estimate of drug-likeness (QED) is 0.481. The van der Waals surface area contributed by atoms with E-state index in [-0.39, 0.29) is 18.4 Å². The minimum Gasteiger partial charge on any atom is -0.483 e. The molecule has 7 heteroatoms. The number of carbonyl (C=O) groups excluding carboxylic acids is 2. The van der Waals surface area contributed by atoms with Gasteiger partial charge in [-0.2, -0.15) is 0 Å². The summed E-state index contributed by atoms with van der Waals surface area (Å²) in [5, 5.41) is 3.63. The van der Waals surface area contributed by atoms with Crippen molar-refractivity contribution in [2.24, 2.45) is 0 Å². The average molecular weight is 432 g/mol. The van der Waals surface area contributed by atoms with Crippen LogP contribution in [0.4, 0.5) is 5.69 Å². The van der Waals surface area contributed by atoms with Crippen LogP contribution >= 0.6 is 11.3 Å². The normalized spacial score (nSPS) is 10.6. The minimum atomic E-state index is -0.286. The lowest BCUT2D eigenvalue weighted by Crippen LogP contribution is -2.22. The van der Waals surface area contributed by atoms with Crippen LogP contribution in [0.15, 0.2) is 72.8 Å². The summed E-state index contributed by atoms with van der Waals surface area (Å²) in [6, 6.07) is 22.3. The molecule has 4 aromatic rings. The van der Waals surface area contributed by atoms with Crippen LogP contribution in [0.3, 0.4) is 0 Å². The molecule has 4 rings (SSSR count). The first-order valence-electron chi connectivity index (χ1n) is 9.70. The summed E-state index contributed by atoms with van der Waals surface area (Å²) in [6.07, 6.45) is 0. The van der Waals surface area contributed by atoms with Crippen LogP contribution in [0.2, 0.25) is 0 Å². The second kappa shape index (κ2) is 8.97. The molecule has 156 valence electrons. The predicted molar refractivity (Wildman–Crippen MR) is 124 cm³/mol. The second-order valence-electron chi connectivity index (χ2n) is 7.10. The maximum Gasteiger partial charge on any atom is 0.262 e. The molecule has 0 aliphatic rings. The van der Waals surface area contributed by atoms with Crippen LogP contribution in [-0.4, -0.2) is 42.4 Å². The number of aromatic nitrogens is 1. The summed E-state index contributed by atoms with van der Waals surface area (Å²) >= 11 is 1.58. The number of anilines is 1. The highest BCUT2D eigenvalue weighted by atomic mass is 32.1. The van der Waals surface area contributed by atoms with E-state index in [0.717, 1.165) is 20.8 Å². The highest BCUT2D eigenvalue weighted by molar-refractivity contribution is 7.21. The van der Waals surface area contributed by atoms with Crippen molar-refractivity contribution in [3.8, 4) is 16.3 Å². The molecule has 0 bridgehead atoms. The predicted octanol–water partition coefficient (Wildman–Crippen LogP) is 4.68. The molecule has 1 heterocycles. The number of nitrogens with one attached hydrogen (secondary N) is 1. The van der Waals surface area contributed by atoms with Gasteiger partial charge in [0.05, 0.1) is 15.8 Å². The molecule has 3 aromatic carbocycles. The van der Waals surface area contributed by atoms with Crippen molar-refractivity contribution in [2.45, 2.75) is 0 Å². The van der Waals surface area contributed by atoms with Crippen molar-refractivity contribution < 1.29 is 14.3 Å². The van der Waals surface area contributed by atoms with E-state index in [4.69, 9.17) is 4.74 Å². The Morgan fingerprint density at radius 2 is 1.68 bits per heavy atom. The van der Waals surface area contributed by atoms with Crippen molar-refractivity contribution in [1.29, 1.82) is 0 Å². The van der Waals surface area contributed by atoms with Gasteiger partial charge in [-0.15, -0.1) is 11.3 Å². The Hall–Kier alpha value is -3.71. The van der Waals surface area contributed by atoms with Crippen LogP contribution in [0.25, 0.3) is 20.8 Å². The number of ether oxygens (including phenoxy) is 1. The molecular weight excluding hydrogens is 410 g/mol. The van der Waals surface area contributed by atoms with Crippen molar-refractivity contribution in [2.75, 3.05) is 26.0 Å². The third-order valence-corrected chi connectivity index (χ3v) is 5.66. The van der Waals surface area contributed by atoms with Gasteiger partial charge in [0.2, 0.25) is 0 Å². The zero-order valence-electron chi connectivity index (χ0n) is 17.2. The number of thiazole rings is 1. The SMILES string of the molecule is CN(C)C(=O)c1ccc(NC(=O)COc2ccccc2-c2nc3ccccc3s2)cc1.